The van der Waals surface area contributed by atoms with Crippen LogP contribution >= 0.6 is 12.4 Å². The molecule has 3 aromatic rings. The average Bonchev–Trinajstić information content (AvgIpc) is 3.62. The number of amides is 4. The molecule has 2 atom stereocenters. The van der Waals surface area contributed by atoms with Crippen molar-refractivity contribution in [1.29, 1.82) is 0 Å². The van der Waals surface area contributed by atoms with E-state index in [1.54, 1.807) is 0 Å². The molecule has 0 radical (unpaired) electrons. The number of aromatic nitrogens is 1. The molecule has 9 nitrogen and oxygen atoms in total. The average molecular weight is 809 g/mol. The molecule has 0 saturated carbocycles. The van der Waals surface area contributed by atoms with Crippen LogP contribution in [0.1, 0.15) is 115 Å². The molecule has 7 heterocycles. The molecular weight excluding hydrogens is 742 g/mol. The first-order valence-corrected chi connectivity index (χ1v) is 21.7. The number of likely N-dealkylation sites (N-methyl/N-ethyl adjacent to an activating group) is 2. The molecule has 6 aliphatic rings. The Morgan fingerprint density at radius 2 is 1.17 bits per heavy atom. The molecule has 2 aromatic carbocycles. The van der Waals surface area contributed by atoms with Crippen molar-refractivity contribution in [3.05, 3.63) is 116 Å². The third-order valence-corrected chi connectivity index (χ3v) is 14.3. The van der Waals surface area contributed by atoms with Crippen molar-refractivity contribution in [3.63, 3.8) is 0 Å². The number of carbonyl (C=O) groups is 2. The molecule has 4 saturated heterocycles. The summed E-state index contributed by atoms with van der Waals surface area (Å²) in [6.07, 6.45) is 10.9. The molecule has 2 spiro atoms. The molecule has 4 amide bonds. The van der Waals surface area contributed by atoms with Crippen LogP contribution in [-0.2, 0) is 26.7 Å². The molecule has 0 bridgehead atoms. The fourth-order valence-corrected chi connectivity index (χ4v) is 11.9. The summed E-state index contributed by atoms with van der Waals surface area (Å²) in [6, 6.07) is 13.8. The summed E-state index contributed by atoms with van der Waals surface area (Å²) < 4.78 is 2.21. The van der Waals surface area contributed by atoms with Gasteiger partial charge in [-0.2, -0.15) is 0 Å². The van der Waals surface area contributed by atoms with Crippen LogP contribution in [0.15, 0.2) is 66.1 Å². The van der Waals surface area contributed by atoms with E-state index in [0.717, 1.165) is 71.5 Å². The summed E-state index contributed by atoms with van der Waals surface area (Å²) in [4.78, 5) is 37.9. The lowest BCUT2D eigenvalue weighted by Crippen LogP contribution is -2.53. The Kier molecular flexibility index (Phi) is 11.7. The first kappa shape index (κ1) is 42.1. The van der Waals surface area contributed by atoms with Crippen molar-refractivity contribution in [2.75, 3.05) is 39.3 Å². The van der Waals surface area contributed by atoms with Gasteiger partial charge >= 0.3 is 12.1 Å². The van der Waals surface area contributed by atoms with Crippen LogP contribution in [0, 0.1) is 27.7 Å². The lowest BCUT2D eigenvalue weighted by atomic mass is 9.81. The molecule has 1 aromatic heterocycles. The van der Waals surface area contributed by atoms with Gasteiger partial charge in [-0.05, 0) is 126 Å². The van der Waals surface area contributed by atoms with Crippen LogP contribution < -0.4 is 5.32 Å². The molecule has 0 unspecified atom stereocenters. The van der Waals surface area contributed by atoms with Gasteiger partial charge in [0.1, 0.15) is 0 Å². The predicted molar refractivity (Wildman–Crippen MR) is 236 cm³/mol. The van der Waals surface area contributed by atoms with Crippen molar-refractivity contribution < 1.29 is 9.59 Å². The van der Waals surface area contributed by atoms with Gasteiger partial charge in [0.05, 0.1) is 24.2 Å². The van der Waals surface area contributed by atoms with Crippen LogP contribution in [0.3, 0.4) is 0 Å². The Morgan fingerprint density at radius 3 is 1.60 bits per heavy atom. The first-order valence-electron chi connectivity index (χ1n) is 21.7. The van der Waals surface area contributed by atoms with Gasteiger partial charge in [0.15, 0.2) is 0 Å². The number of allylic oxidation sites excluding steroid dienone is 2. The second kappa shape index (κ2) is 16.2. The third-order valence-electron chi connectivity index (χ3n) is 14.3. The SMILES string of the molecule is CCN1C(=O)N2Cc3cc(C)cc(C)c3[C@H](C)C=C2C12CCN(Cc1cccn1C)CC2.CCN1C(=O)N2Cc3cc(C)cc(C)c3[C@H](C)C=C2C12CCNCC2.Cl. The lowest BCUT2D eigenvalue weighted by Gasteiger charge is -2.44. The van der Waals surface area contributed by atoms with Crippen molar-refractivity contribution in [1.82, 2.24) is 34.4 Å². The van der Waals surface area contributed by atoms with Gasteiger partial charge in [0, 0.05) is 74.9 Å². The zero-order valence-corrected chi connectivity index (χ0v) is 37.3. The normalized spacial score (nSPS) is 23.3. The topological polar surface area (TPSA) is 67.3 Å². The molecule has 1 N–H and O–H groups in total. The standard InChI is InChI=1S/C27H36N4O.C21H29N3O.ClH/c1-6-31-26(32)30-17-22-15-19(2)14-20(3)25(22)21(4)16-24(30)27(31)9-12-29(13-10-27)18-23-8-7-11-28(23)5;1-5-24-20(25)23-13-17-11-14(2)10-15(3)19(17)16(4)12-18(23)21(24)6-8-22-9-7-21;/h7-8,11,14-16,21H,6,9-10,12-13,17-18H2,1-5H3;10-12,16,22H,5-9,13H2,1-4H3;1H/t21-;16-;/m11./s1. The van der Waals surface area contributed by atoms with Gasteiger partial charge in [-0.1, -0.05) is 61.4 Å². The first-order chi connectivity index (χ1) is 27.3. The number of nitrogens with one attached hydrogen (secondary N) is 1. The maximum Gasteiger partial charge on any atom is 0.325 e. The number of nitrogens with zero attached hydrogens (tertiary/aromatic N) is 6. The van der Waals surface area contributed by atoms with Gasteiger partial charge in [-0.3, -0.25) is 14.7 Å². The molecule has 58 heavy (non-hydrogen) atoms. The number of likely N-dealkylation sites (tertiary alicyclic amines) is 1. The van der Waals surface area contributed by atoms with Gasteiger partial charge in [0.2, 0.25) is 0 Å². The number of aryl methyl sites for hydroxylation is 5. The zero-order valence-electron chi connectivity index (χ0n) is 36.5. The van der Waals surface area contributed by atoms with Gasteiger partial charge in [-0.15, -0.1) is 12.4 Å². The Bertz CT molecular complexity index is 2120. The number of urea groups is 2. The number of rotatable bonds is 4. The fourth-order valence-electron chi connectivity index (χ4n) is 11.9. The van der Waals surface area contributed by atoms with Crippen LogP contribution in [0.25, 0.3) is 0 Å². The molecule has 4 fully saturated rings. The highest BCUT2D eigenvalue weighted by Gasteiger charge is 2.55. The van der Waals surface area contributed by atoms with Crippen LogP contribution in [0.4, 0.5) is 9.59 Å². The molecule has 9 rings (SSSR count). The zero-order chi connectivity index (χ0) is 40.4. The Labute approximate surface area is 353 Å². The minimum absolute atomic E-state index is 0. The number of benzene rings is 2. The Morgan fingerprint density at radius 1 is 0.707 bits per heavy atom. The number of piperidine rings is 2. The van der Waals surface area contributed by atoms with Gasteiger partial charge < -0.3 is 19.7 Å². The number of halogens is 1. The lowest BCUT2D eigenvalue weighted by molar-refractivity contribution is 0.0878. The maximum absolute atomic E-state index is 13.7. The largest absolute Gasteiger partial charge is 0.353 e. The predicted octanol–water partition coefficient (Wildman–Crippen LogP) is 9.04. The monoisotopic (exact) mass is 807 g/mol. The summed E-state index contributed by atoms with van der Waals surface area (Å²) in [6.45, 7) is 25.5. The second-order valence-electron chi connectivity index (χ2n) is 17.9. The molecule has 312 valence electrons. The highest BCUT2D eigenvalue weighted by Crippen LogP contribution is 2.49. The molecule has 10 heteroatoms. The van der Waals surface area contributed by atoms with Gasteiger partial charge in [-0.25, -0.2) is 9.59 Å². The molecular formula is C48H66ClN7O2. The van der Waals surface area contributed by atoms with E-state index in [0.29, 0.717) is 24.9 Å². The quantitative estimate of drug-likeness (QED) is 0.286. The summed E-state index contributed by atoms with van der Waals surface area (Å²) in [5.41, 5.74) is 14.3. The molecule has 0 aliphatic carbocycles. The number of fused-ring (bicyclic) bond motifs is 6. The smallest absolute Gasteiger partial charge is 0.325 e. The number of carbonyl (C=O) groups excluding carboxylic acids is 2. The van der Waals surface area contributed by atoms with Crippen LogP contribution in [0.2, 0.25) is 0 Å². The third kappa shape index (κ3) is 6.89. The van der Waals surface area contributed by atoms with Crippen molar-refractivity contribution >= 4 is 24.5 Å². The number of hydrogen-bond acceptors (Lipinski definition) is 4. The fraction of sp³-hybridized carbons (Fsp3) is 0.542. The Balaban J connectivity index is 0.000000179. The van der Waals surface area contributed by atoms with Crippen molar-refractivity contribution in [2.45, 2.75) is 124 Å². The molecule has 6 aliphatic heterocycles. The summed E-state index contributed by atoms with van der Waals surface area (Å²) >= 11 is 0. The van der Waals surface area contributed by atoms with Crippen LogP contribution in [-0.4, -0.2) is 91.5 Å². The van der Waals surface area contributed by atoms with Gasteiger partial charge in [0.25, 0.3) is 0 Å². The van der Waals surface area contributed by atoms with E-state index in [-0.39, 0.29) is 35.5 Å². The van der Waals surface area contributed by atoms with Crippen molar-refractivity contribution in [3.8, 4) is 0 Å². The summed E-state index contributed by atoms with van der Waals surface area (Å²) in [7, 11) is 2.12. The van der Waals surface area contributed by atoms with E-state index in [1.807, 2.05) is 0 Å². The highest BCUT2D eigenvalue weighted by molar-refractivity contribution is 5.85. The maximum atomic E-state index is 13.7. The number of hydrogen-bond donors (Lipinski definition) is 1. The van der Waals surface area contributed by atoms with Crippen LogP contribution in [0.5, 0.6) is 0 Å². The van der Waals surface area contributed by atoms with Crippen molar-refractivity contribution in [2.24, 2.45) is 7.05 Å². The van der Waals surface area contributed by atoms with E-state index in [1.165, 1.54) is 61.6 Å². The Hall–Kier alpha value is -4.05. The van der Waals surface area contributed by atoms with E-state index >= 15 is 0 Å². The van der Waals surface area contributed by atoms with E-state index in [4.69, 9.17) is 0 Å². The van der Waals surface area contributed by atoms with E-state index in [2.05, 4.69) is 152 Å². The second-order valence-corrected chi connectivity index (χ2v) is 17.9. The summed E-state index contributed by atoms with van der Waals surface area (Å²) in [5, 5.41) is 3.47. The minimum atomic E-state index is -0.171. The minimum Gasteiger partial charge on any atom is -0.353 e. The highest BCUT2D eigenvalue weighted by atomic mass is 35.5. The summed E-state index contributed by atoms with van der Waals surface area (Å²) in [5.74, 6) is 0.653. The van der Waals surface area contributed by atoms with E-state index in [9.17, 15) is 9.59 Å². The van der Waals surface area contributed by atoms with E-state index < -0.39 is 0 Å².